The predicted octanol–water partition coefficient (Wildman–Crippen LogP) is 2.32. The molecule has 4 aliphatic carbocycles. The fourth-order valence-corrected chi connectivity index (χ4v) is 6.62. The molecule has 2 nitrogen and oxygen atoms in total. The topological polar surface area (TPSA) is 37.3 Å². The molecule has 4 fully saturated rings. The zero-order chi connectivity index (χ0) is 10.7. The first-order chi connectivity index (χ1) is 7.05. The van der Waals surface area contributed by atoms with Gasteiger partial charge in [-0.05, 0) is 50.4 Å². The molecule has 0 amide bonds. The van der Waals surface area contributed by atoms with E-state index in [1.165, 1.54) is 19.3 Å². The Hall–Kier alpha value is 0.360. The highest BCUT2D eigenvalue weighted by atomic mass is 127. The summed E-state index contributed by atoms with van der Waals surface area (Å²) in [6.45, 7) is -0.244. The van der Waals surface area contributed by atoms with Crippen LogP contribution in [0.15, 0.2) is 0 Å². The number of alkyl halides is 1. The monoisotopic (exact) mass is 320 g/mol. The Labute approximate surface area is 104 Å². The zero-order valence-electron chi connectivity index (χ0n) is 8.84. The highest BCUT2D eigenvalue weighted by Crippen LogP contribution is 2.64. The van der Waals surface area contributed by atoms with Crippen LogP contribution in [0.5, 0.6) is 0 Å². The normalized spacial score (nSPS) is 52.1. The van der Waals surface area contributed by atoms with Gasteiger partial charge in [0.1, 0.15) is 6.61 Å². The summed E-state index contributed by atoms with van der Waals surface area (Å²) in [5.74, 6) is 1.65. The van der Waals surface area contributed by atoms with Crippen LogP contribution in [0.4, 0.5) is 0 Å². The average Bonchev–Trinajstić information content (AvgIpc) is 2.12. The van der Waals surface area contributed by atoms with E-state index in [0.29, 0.717) is 3.42 Å². The third kappa shape index (κ3) is 1.49. The highest BCUT2D eigenvalue weighted by molar-refractivity contribution is 14.1. The van der Waals surface area contributed by atoms with Gasteiger partial charge >= 0.3 is 0 Å². The van der Waals surface area contributed by atoms with Gasteiger partial charge in [-0.2, -0.15) is 0 Å². The number of aliphatic hydroxyl groups is 1. The van der Waals surface area contributed by atoms with E-state index < -0.39 is 0 Å². The summed E-state index contributed by atoms with van der Waals surface area (Å²) in [5, 5.41) is 9.13. The minimum atomic E-state index is -0.244. The van der Waals surface area contributed by atoms with Gasteiger partial charge in [0, 0.05) is 8.84 Å². The maximum Gasteiger partial charge on any atom is 0.164 e. The second-order valence-corrected chi connectivity index (χ2v) is 8.26. The van der Waals surface area contributed by atoms with Crippen molar-refractivity contribution < 1.29 is 9.90 Å². The molecular weight excluding hydrogens is 303 g/mol. The van der Waals surface area contributed by atoms with Gasteiger partial charge in [0.25, 0.3) is 0 Å². The van der Waals surface area contributed by atoms with Crippen molar-refractivity contribution >= 4 is 28.4 Å². The lowest BCUT2D eigenvalue weighted by molar-refractivity contribution is -0.144. The summed E-state index contributed by atoms with van der Waals surface area (Å²) in [6, 6.07) is 0. The Balaban J connectivity index is 1.96. The third-order valence-electron chi connectivity index (χ3n) is 4.72. The molecule has 4 rings (SSSR count). The second kappa shape index (κ2) is 3.19. The van der Waals surface area contributed by atoms with E-state index >= 15 is 0 Å². The summed E-state index contributed by atoms with van der Waals surface area (Å²) >= 11 is 2.59. The molecule has 84 valence electrons. The molecule has 4 atom stereocenters. The van der Waals surface area contributed by atoms with Crippen molar-refractivity contribution in [2.45, 2.75) is 41.9 Å². The van der Waals surface area contributed by atoms with Crippen molar-refractivity contribution in [2.75, 3.05) is 6.61 Å². The van der Waals surface area contributed by atoms with E-state index in [4.69, 9.17) is 5.11 Å². The van der Waals surface area contributed by atoms with Crippen LogP contribution in [-0.4, -0.2) is 20.9 Å². The fraction of sp³-hybridized carbons (Fsp3) is 0.917. The van der Waals surface area contributed by atoms with Crippen molar-refractivity contribution in [1.29, 1.82) is 0 Å². The summed E-state index contributed by atoms with van der Waals surface area (Å²) in [6.07, 6.45) is 7.12. The minimum Gasteiger partial charge on any atom is -0.389 e. The van der Waals surface area contributed by atoms with Crippen LogP contribution in [0.1, 0.15) is 38.5 Å². The first-order valence-electron chi connectivity index (χ1n) is 5.88. The minimum absolute atomic E-state index is 0.123. The maximum absolute atomic E-state index is 12.0. The molecule has 4 bridgehead atoms. The molecule has 0 heterocycles. The van der Waals surface area contributed by atoms with E-state index in [1.807, 2.05) is 0 Å². The van der Waals surface area contributed by atoms with Gasteiger partial charge in [0.15, 0.2) is 5.78 Å². The van der Waals surface area contributed by atoms with Crippen molar-refractivity contribution in [3.8, 4) is 0 Å². The Morgan fingerprint density at radius 1 is 1.27 bits per heavy atom. The number of rotatable bonds is 2. The first kappa shape index (κ1) is 10.5. The summed E-state index contributed by atoms with van der Waals surface area (Å²) < 4.78 is 0.382. The smallest absolute Gasteiger partial charge is 0.164 e. The van der Waals surface area contributed by atoms with Gasteiger partial charge in [-0.1, -0.05) is 22.6 Å². The van der Waals surface area contributed by atoms with E-state index in [2.05, 4.69) is 22.6 Å². The number of hydrogen-bond acceptors (Lipinski definition) is 2. The van der Waals surface area contributed by atoms with Gasteiger partial charge in [-0.15, -0.1) is 0 Å². The lowest BCUT2D eigenvalue weighted by Crippen LogP contribution is -2.56. The van der Waals surface area contributed by atoms with E-state index in [-0.39, 0.29) is 17.8 Å². The summed E-state index contributed by atoms with van der Waals surface area (Å²) in [5.41, 5.74) is -0.125. The number of hydrogen-bond donors (Lipinski definition) is 1. The third-order valence-corrected chi connectivity index (χ3v) is 5.99. The maximum atomic E-state index is 12.0. The number of carbonyl (C=O) groups is 1. The molecular formula is C12H17IO2. The highest BCUT2D eigenvalue weighted by Gasteiger charge is 2.59. The molecule has 15 heavy (non-hydrogen) atoms. The lowest BCUT2D eigenvalue weighted by Gasteiger charge is -2.59. The number of ketones is 1. The van der Waals surface area contributed by atoms with Crippen LogP contribution < -0.4 is 0 Å². The Morgan fingerprint density at radius 3 is 2.33 bits per heavy atom. The van der Waals surface area contributed by atoms with Gasteiger partial charge in [-0.3, -0.25) is 4.79 Å². The molecule has 1 N–H and O–H groups in total. The van der Waals surface area contributed by atoms with Crippen LogP contribution in [0.3, 0.4) is 0 Å². The molecule has 0 radical (unpaired) electrons. The first-order valence-corrected chi connectivity index (χ1v) is 6.96. The van der Waals surface area contributed by atoms with Gasteiger partial charge in [0.05, 0.1) is 0 Å². The SMILES string of the molecule is O=C(CO)C12C[C@@H]3C[C@@H](CC(I)(C3)C1)C2. The van der Waals surface area contributed by atoms with Crippen LogP contribution in [0, 0.1) is 17.3 Å². The van der Waals surface area contributed by atoms with Crippen molar-refractivity contribution in [2.24, 2.45) is 17.3 Å². The van der Waals surface area contributed by atoms with Crippen molar-refractivity contribution in [3.05, 3.63) is 0 Å². The molecule has 0 saturated heterocycles. The number of halogens is 1. The molecule has 0 aliphatic heterocycles. The quantitative estimate of drug-likeness (QED) is 0.626. The van der Waals surface area contributed by atoms with E-state index in [9.17, 15) is 4.79 Å². The molecule has 4 aliphatic rings. The zero-order valence-corrected chi connectivity index (χ0v) is 11.0. The molecule has 2 unspecified atom stereocenters. The molecule has 3 heteroatoms. The largest absolute Gasteiger partial charge is 0.389 e. The Bertz CT molecular complexity index is 299. The van der Waals surface area contributed by atoms with Crippen LogP contribution in [0.2, 0.25) is 0 Å². The molecule has 0 spiro atoms. The number of Topliss-reactive ketones (excluding diaryl/α,β-unsaturated/α-hetero) is 1. The van der Waals surface area contributed by atoms with Crippen LogP contribution >= 0.6 is 22.6 Å². The van der Waals surface area contributed by atoms with E-state index in [0.717, 1.165) is 31.1 Å². The Kier molecular flexibility index (Phi) is 2.23. The van der Waals surface area contributed by atoms with Gasteiger partial charge in [0.2, 0.25) is 0 Å². The second-order valence-electron chi connectivity index (χ2n) is 5.97. The average molecular weight is 320 g/mol. The molecule has 0 aromatic rings. The van der Waals surface area contributed by atoms with Crippen molar-refractivity contribution in [1.82, 2.24) is 0 Å². The molecule has 0 aromatic carbocycles. The van der Waals surface area contributed by atoms with Crippen LogP contribution in [-0.2, 0) is 4.79 Å². The summed E-state index contributed by atoms with van der Waals surface area (Å²) in [7, 11) is 0. The molecule has 0 aromatic heterocycles. The number of carbonyl (C=O) groups excluding carboxylic acids is 1. The predicted molar refractivity (Wildman–Crippen MR) is 66.0 cm³/mol. The fourth-order valence-electron chi connectivity index (χ4n) is 4.64. The molecule has 4 saturated carbocycles. The van der Waals surface area contributed by atoms with Crippen molar-refractivity contribution in [3.63, 3.8) is 0 Å². The van der Waals surface area contributed by atoms with Crippen LogP contribution in [0.25, 0.3) is 0 Å². The standard InChI is InChI=1S/C12H17IO2/c13-12-4-8-1-9(5-12)3-11(2-8,7-12)10(15)6-14/h8-9,14H,1-7H2/t8-,9+,11?,12?. The van der Waals surface area contributed by atoms with E-state index in [1.54, 1.807) is 0 Å². The van der Waals surface area contributed by atoms with Gasteiger partial charge < -0.3 is 5.11 Å². The van der Waals surface area contributed by atoms with Gasteiger partial charge in [-0.25, -0.2) is 0 Å². The number of aliphatic hydroxyl groups excluding tert-OH is 1. The lowest BCUT2D eigenvalue weighted by atomic mass is 9.48. The summed E-state index contributed by atoms with van der Waals surface area (Å²) in [4.78, 5) is 12.0. The Morgan fingerprint density at radius 2 is 1.87 bits per heavy atom.